The van der Waals surface area contributed by atoms with Crippen molar-refractivity contribution in [1.82, 2.24) is 9.80 Å². The van der Waals surface area contributed by atoms with Crippen molar-refractivity contribution in [2.45, 2.75) is 31.7 Å². The van der Waals surface area contributed by atoms with Crippen molar-refractivity contribution in [1.29, 1.82) is 0 Å². The third kappa shape index (κ3) is 3.59. The van der Waals surface area contributed by atoms with Gasteiger partial charge < -0.3 is 19.3 Å². The van der Waals surface area contributed by atoms with Gasteiger partial charge in [-0.25, -0.2) is 4.79 Å². The van der Waals surface area contributed by atoms with Crippen molar-refractivity contribution >= 4 is 12.0 Å². The van der Waals surface area contributed by atoms with Crippen LogP contribution in [0.15, 0.2) is 0 Å². The maximum Gasteiger partial charge on any atom is 0.325 e. The highest BCUT2D eigenvalue weighted by Crippen LogP contribution is 2.24. The molecule has 2 amide bonds. The van der Waals surface area contributed by atoms with Gasteiger partial charge in [0.2, 0.25) is 0 Å². The monoisotopic (exact) mass is 270 g/mol. The lowest BCUT2D eigenvalue weighted by Gasteiger charge is -2.35. The van der Waals surface area contributed by atoms with Gasteiger partial charge in [-0.3, -0.25) is 4.79 Å². The van der Waals surface area contributed by atoms with Gasteiger partial charge in [0, 0.05) is 19.1 Å². The van der Waals surface area contributed by atoms with E-state index in [0.717, 1.165) is 25.7 Å². The minimum atomic E-state index is -0.353. The minimum absolute atomic E-state index is 0.0529. The van der Waals surface area contributed by atoms with Gasteiger partial charge in [-0.1, -0.05) is 12.8 Å². The molecular formula is C13H22N2O4. The van der Waals surface area contributed by atoms with Crippen molar-refractivity contribution in [3.05, 3.63) is 0 Å². The molecule has 0 N–H and O–H groups in total. The molecule has 1 heterocycles. The Balaban J connectivity index is 2.01. The molecule has 2 aliphatic rings. The summed E-state index contributed by atoms with van der Waals surface area (Å²) in [5, 5.41) is 0. The van der Waals surface area contributed by atoms with Crippen molar-refractivity contribution in [2.24, 2.45) is 0 Å². The third-order valence-electron chi connectivity index (χ3n) is 3.82. The van der Waals surface area contributed by atoms with Gasteiger partial charge in [0.25, 0.3) is 0 Å². The number of methoxy groups -OCH3 is 1. The number of morpholine rings is 1. The Morgan fingerprint density at radius 2 is 1.89 bits per heavy atom. The van der Waals surface area contributed by atoms with Crippen LogP contribution in [0.4, 0.5) is 4.79 Å². The molecule has 2 rings (SSSR count). The van der Waals surface area contributed by atoms with Gasteiger partial charge in [-0.05, 0) is 12.8 Å². The van der Waals surface area contributed by atoms with Crippen LogP contribution in [0.1, 0.15) is 25.7 Å². The fraction of sp³-hybridized carbons (Fsp3) is 0.846. The summed E-state index contributed by atoms with van der Waals surface area (Å²) < 4.78 is 9.96. The number of hydrogen-bond donors (Lipinski definition) is 0. The largest absolute Gasteiger partial charge is 0.468 e. The van der Waals surface area contributed by atoms with Crippen LogP contribution in [0.5, 0.6) is 0 Å². The number of amides is 2. The molecule has 0 aromatic carbocycles. The molecule has 0 bridgehead atoms. The molecule has 0 aromatic heterocycles. The maximum atomic E-state index is 12.5. The molecule has 0 aromatic rings. The molecule has 108 valence electrons. The predicted molar refractivity (Wildman–Crippen MR) is 68.8 cm³/mol. The van der Waals surface area contributed by atoms with E-state index in [2.05, 4.69) is 0 Å². The molecule has 0 atom stereocenters. The van der Waals surface area contributed by atoms with E-state index in [1.165, 1.54) is 7.11 Å². The van der Waals surface area contributed by atoms with Gasteiger partial charge in [0.1, 0.15) is 6.54 Å². The summed E-state index contributed by atoms with van der Waals surface area (Å²) in [5.41, 5.74) is 0. The standard InChI is InChI=1S/C13H22N2O4/c1-18-12(16)10-15(11-4-2-3-5-11)13(17)14-6-8-19-9-7-14/h11H,2-10H2,1H3. The molecule has 0 unspecified atom stereocenters. The van der Waals surface area contributed by atoms with Crippen LogP contribution in [0.2, 0.25) is 0 Å². The highest BCUT2D eigenvalue weighted by Gasteiger charge is 2.32. The Labute approximate surface area is 113 Å². The van der Waals surface area contributed by atoms with Crippen LogP contribution in [0.3, 0.4) is 0 Å². The average molecular weight is 270 g/mol. The highest BCUT2D eigenvalue weighted by atomic mass is 16.5. The number of esters is 1. The number of nitrogens with zero attached hydrogens (tertiary/aromatic N) is 2. The van der Waals surface area contributed by atoms with Crippen molar-refractivity contribution in [3.63, 3.8) is 0 Å². The van der Waals surface area contributed by atoms with Gasteiger partial charge in [-0.15, -0.1) is 0 Å². The zero-order valence-corrected chi connectivity index (χ0v) is 11.5. The SMILES string of the molecule is COC(=O)CN(C(=O)N1CCOCC1)C1CCCC1. The van der Waals surface area contributed by atoms with E-state index in [-0.39, 0.29) is 24.6 Å². The Kier molecular flexibility index (Phi) is 5.01. The summed E-state index contributed by atoms with van der Waals surface area (Å²) in [6, 6.07) is 0.120. The predicted octanol–water partition coefficient (Wildman–Crippen LogP) is 0.856. The molecule has 0 spiro atoms. The number of ether oxygens (including phenoxy) is 2. The molecule has 0 radical (unpaired) electrons. The van der Waals surface area contributed by atoms with Crippen molar-refractivity contribution in [2.75, 3.05) is 40.0 Å². The van der Waals surface area contributed by atoms with Crippen LogP contribution in [-0.4, -0.2) is 67.8 Å². The average Bonchev–Trinajstić information content (AvgIpc) is 2.98. The molecule has 1 aliphatic heterocycles. The molecule has 1 aliphatic carbocycles. The first kappa shape index (κ1) is 14.1. The zero-order valence-electron chi connectivity index (χ0n) is 11.5. The van der Waals surface area contributed by atoms with E-state index in [9.17, 15) is 9.59 Å². The van der Waals surface area contributed by atoms with E-state index in [1.54, 1.807) is 9.80 Å². The summed E-state index contributed by atoms with van der Waals surface area (Å²) in [7, 11) is 1.36. The summed E-state index contributed by atoms with van der Waals surface area (Å²) in [6.07, 6.45) is 4.21. The second kappa shape index (κ2) is 6.75. The Morgan fingerprint density at radius 1 is 1.26 bits per heavy atom. The number of rotatable bonds is 3. The second-order valence-electron chi connectivity index (χ2n) is 5.02. The molecule has 6 heteroatoms. The Morgan fingerprint density at radius 3 is 2.47 bits per heavy atom. The molecule has 19 heavy (non-hydrogen) atoms. The first-order valence-corrected chi connectivity index (χ1v) is 6.92. The van der Waals surface area contributed by atoms with Crippen LogP contribution < -0.4 is 0 Å². The first-order valence-electron chi connectivity index (χ1n) is 6.92. The lowest BCUT2D eigenvalue weighted by molar-refractivity contribution is -0.141. The van der Waals surface area contributed by atoms with Gasteiger partial charge in [0.15, 0.2) is 0 Å². The van der Waals surface area contributed by atoms with E-state index in [1.807, 2.05) is 0 Å². The van der Waals surface area contributed by atoms with E-state index in [0.29, 0.717) is 26.3 Å². The summed E-state index contributed by atoms with van der Waals surface area (Å²) >= 11 is 0. The number of hydrogen-bond acceptors (Lipinski definition) is 4. The second-order valence-corrected chi connectivity index (χ2v) is 5.02. The lowest BCUT2D eigenvalue weighted by Crippen LogP contribution is -2.52. The smallest absolute Gasteiger partial charge is 0.325 e. The van der Waals surface area contributed by atoms with Gasteiger partial charge >= 0.3 is 12.0 Å². The van der Waals surface area contributed by atoms with Crippen LogP contribution >= 0.6 is 0 Å². The highest BCUT2D eigenvalue weighted by molar-refractivity contribution is 5.81. The normalized spacial score (nSPS) is 20.4. The van der Waals surface area contributed by atoms with Gasteiger partial charge in [-0.2, -0.15) is 0 Å². The van der Waals surface area contributed by atoms with Crippen molar-refractivity contribution < 1.29 is 19.1 Å². The Hall–Kier alpha value is -1.30. The van der Waals surface area contributed by atoms with Crippen molar-refractivity contribution in [3.8, 4) is 0 Å². The fourth-order valence-corrected chi connectivity index (χ4v) is 2.71. The third-order valence-corrected chi connectivity index (χ3v) is 3.82. The van der Waals surface area contributed by atoms with Crippen LogP contribution in [0.25, 0.3) is 0 Å². The van der Waals surface area contributed by atoms with Gasteiger partial charge in [0.05, 0.1) is 20.3 Å². The van der Waals surface area contributed by atoms with E-state index >= 15 is 0 Å². The summed E-state index contributed by atoms with van der Waals surface area (Å²) in [5.74, 6) is -0.353. The van der Waals surface area contributed by atoms with E-state index in [4.69, 9.17) is 9.47 Å². The maximum absolute atomic E-state index is 12.5. The molecule has 1 saturated heterocycles. The minimum Gasteiger partial charge on any atom is -0.468 e. The molecule has 6 nitrogen and oxygen atoms in total. The number of urea groups is 1. The van der Waals surface area contributed by atoms with E-state index < -0.39 is 0 Å². The Bertz CT molecular complexity index is 323. The molecular weight excluding hydrogens is 248 g/mol. The summed E-state index contributed by atoms with van der Waals surface area (Å²) in [6.45, 7) is 2.40. The number of carbonyl (C=O) groups excluding carboxylic acids is 2. The number of carbonyl (C=O) groups is 2. The molecule has 1 saturated carbocycles. The molecule has 2 fully saturated rings. The van der Waals surface area contributed by atoms with Crippen LogP contribution in [0, 0.1) is 0 Å². The first-order chi connectivity index (χ1) is 9.22. The van der Waals surface area contributed by atoms with Crippen LogP contribution in [-0.2, 0) is 14.3 Å². The topological polar surface area (TPSA) is 59.1 Å². The fourth-order valence-electron chi connectivity index (χ4n) is 2.71. The summed E-state index contributed by atoms with van der Waals surface area (Å²) in [4.78, 5) is 27.5. The lowest BCUT2D eigenvalue weighted by atomic mass is 10.2. The zero-order chi connectivity index (χ0) is 13.7. The quantitative estimate of drug-likeness (QED) is 0.714.